The fraction of sp³-hybridized carbons (Fsp3) is 0.643. The highest BCUT2D eigenvalue weighted by Crippen LogP contribution is 2.31. The van der Waals surface area contributed by atoms with Crippen LogP contribution in [0.2, 0.25) is 0 Å². The van der Waals surface area contributed by atoms with E-state index >= 15 is 0 Å². The van der Waals surface area contributed by atoms with Gasteiger partial charge in [0, 0.05) is 22.6 Å². The molecule has 0 radical (unpaired) electrons. The quantitative estimate of drug-likeness (QED) is 0.862. The van der Waals surface area contributed by atoms with E-state index in [1.807, 2.05) is 26.0 Å². The molecule has 5 nitrogen and oxygen atoms in total. The molecule has 21 heavy (non-hydrogen) atoms. The number of carbonyl (C=O) groups excluding carboxylic acids is 1. The Balaban J connectivity index is 2.11. The van der Waals surface area contributed by atoms with Crippen molar-refractivity contribution in [3.8, 4) is 0 Å². The summed E-state index contributed by atoms with van der Waals surface area (Å²) in [5.41, 5.74) is 0. The Labute approximate surface area is 130 Å². The molecule has 0 bridgehead atoms. The van der Waals surface area contributed by atoms with Crippen LogP contribution in [0, 0.1) is 6.92 Å². The lowest BCUT2D eigenvalue weighted by Crippen LogP contribution is -2.32. The first-order chi connectivity index (χ1) is 9.81. The lowest BCUT2D eigenvalue weighted by molar-refractivity contribution is -0.130. The molecule has 1 aromatic heterocycles. The molecule has 2 unspecified atom stereocenters. The van der Waals surface area contributed by atoms with Crippen LogP contribution < -0.4 is 5.32 Å². The zero-order chi connectivity index (χ0) is 15.6. The largest absolute Gasteiger partial charge is 0.321 e. The number of carbonyl (C=O) groups is 1. The van der Waals surface area contributed by atoms with Crippen molar-refractivity contribution in [2.75, 3.05) is 18.6 Å². The average Bonchev–Trinajstić information content (AvgIpc) is 2.93. The standard InChI is InChI=1S/C14H22N2O3S2/c1-4-11-14(17)16(8-5-9-21(3,18)19)13(15-11)12-7-6-10(2)20-12/h6-7,11,13,15H,4-5,8-9H2,1-3H3. The van der Waals surface area contributed by atoms with E-state index in [1.165, 1.54) is 11.1 Å². The minimum atomic E-state index is -2.99. The van der Waals surface area contributed by atoms with Crippen molar-refractivity contribution in [3.05, 3.63) is 21.9 Å². The Hall–Kier alpha value is -0.920. The van der Waals surface area contributed by atoms with E-state index in [2.05, 4.69) is 5.32 Å². The first-order valence-electron chi connectivity index (χ1n) is 7.12. The molecule has 118 valence electrons. The smallest absolute Gasteiger partial charge is 0.241 e. The summed E-state index contributed by atoms with van der Waals surface area (Å²) < 4.78 is 22.5. The van der Waals surface area contributed by atoms with Crippen molar-refractivity contribution in [1.29, 1.82) is 0 Å². The molecule has 2 atom stereocenters. The fourth-order valence-electron chi connectivity index (χ4n) is 2.54. The van der Waals surface area contributed by atoms with Crippen molar-refractivity contribution < 1.29 is 13.2 Å². The van der Waals surface area contributed by atoms with Gasteiger partial charge in [0.2, 0.25) is 5.91 Å². The van der Waals surface area contributed by atoms with Crippen LogP contribution in [0.3, 0.4) is 0 Å². The highest BCUT2D eigenvalue weighted by molar-refractivity contribution is 7.90. The zero-order valence-corrected chi connectivity index (χ0v) is 14.3. The molecule has 1 aliphatic rings. The monoisotopic (exact) mass is 330 g/mol. The van der Waals surface area contributed by atoms with Crippen molar-refractivity contribution >= 4 is 27.1 Å². The van der Waals surface area contributed by atoms with E-state index in [4.69, 9.17) is 0 Å². The summed E-state index contributed by atoms with van der Waals surface area (Å²) in [5, 5.41) is 3.36. The lowest BCUT2D eigenvalue weighted by Gasteiger charge is -2.23. The van der Waals surface area contributed by atoms with Gasteiger partial charge in [-0.15, -0.1) is 11.3 Å². The molecule has 1 amide bonds. The van der Waals surface area contributed by atoms with E-state index in [1.54, 1.807) is 16.2 Å². The maximum Gasteiger partial charge on any atom is 0.241 e. The number of hydrogen-bond acceptors (Lipinski definition) is 5. The molecule has 0 aromatic carbocycles. The topological polar surface area (TPSA) is 66.5 Å². The van der Waals surface area contributed by atoms with Crippen LogP contribution in [0.5, 0.6) is 0 Å². The molecule has 1 saturated heterocycles. The van der Waals surface area contributed by atoms with E-state index in [9.17, 15) is 13.2 Å². The maximum absolute atomic E-state index is 12.4. The minimum absolute atomic E-state index is 0.0713. The molecular formula is C14H22N2O3S2. The molecule has 1 fully saturated rings. The summed E-state index contributed by atoms with van der Waals surface area (Å²) in [4.78, 5) is 16.5. The fourth-order valence-corrected chi connectivity index (χ4v) is 4.15. The van der Waals surface area contributed by atoms with Crippen molar-refractivity contribution in [2.45, 2.75) is 38.9 Å². The number of amides is 1. The van der Waals surface area contributed by atoms with E-state index < -0.39 is 9.84 Å². The normalized spacial score (nSPS) is 23.0. The Kier molecular flexibility index (Phi) is 5.06. The van der Waals surface area contributed by atoms with Gasteiger partial charge in [-0.25, -0.2) is 8.42 Å². The van der Waals surface area contributed by atoms with E-state index in [0.29, 0.717) is 13.0 Å². The van der Waals surface area contributed by atoms with Crippen LogP contribution in [0.25, 0.3) is 0 Å². The van der Waals surface area contributed by atoms with Crippen molar-refractivity contribution in [2.24, 2.45) is 0 Å². The molecule has 2 heterocycles. The highest BCUT2D eigenvalue weighted by Gasteiger charge is 2.38. The third-order valence-electron chi connectivity index (χ3n) is 3.60. The summed E-state index contributed by atoms with van der Waals surface area (Å²) in [5.74, 6) is 0.186. The first-order valence-corrected chi connectivity index (χ1v) is 10.00. The molecule has 1 aromatic rings. The number of thiophene rings is 1. The Bertz CT molecular complexity index is 609. The van der Waals surface area contributed by atoms with Crippen molar-refractivity contribution in [3.63, 3.8) is 0 Å². The van der Waals surface area contributed by atoms with Crippen molar-refractivity contribution in [1.82, 2.24) is 10.2 Å². The molecule has 0 aliphatic carbocycles. The summed E-state index contributed by atoms with van der Waals surface area (Å²) >= 11 is 1.67. The molecule has 2 rings (SSSR count). The van der Waals surface area contributed by atoms with Crippen LogP contribution >= 0.6 is 11.3 Å². The van der Waals surface area contributed by atoms with Gasteiger partial charge in [-0.05, 0) is 31.9 Å². The molecule has 1 aliphatic heterocycles. The summed E-state index contributed by atoms with van der Waals surface area (Å²) in [6.07, 6.45) is 2.32. The molecule has 0 saturated carbocycles. The number of sulfone groups is 1. The van der Waals surface area contributed by atoms with Gasteiger partial charge in [-0.1, -0.05) is 6.92 Å². The number of hydrogen-bond donors (Lipinski definition) is 1. The number of nitrogens with one attached hydrogen (secondary N) is 1. The van der Waals surface area contributed by atoms with E-state index in [0.717, 1.165) is 11.3 Å². The molecular weight excluding hydrogens is 308 g/mol. The van der Waals surface area contributed by atoms with Gasteiger partial charge in [0.25, 0.3) is 0 Å². The average molecular weight is 330 g/mol. The number of nitrogens with zero attached hydrogens (tertiary/aromatic N) is 1. The second-order valence-electron chi connectivity index (χ2n) is 5.49. The molecule has 7 heteroatoms. The predicted molar refractivity (Wildman–Crippen MR) is 85.1 cm³/mol. The first kappa shape index (κ1) is 16.5. The maximum atomic E-state index is 12.4. The summed E-state index contributed by atoms with van der Waals surface area (Å²) in [6, 6.07) is 3.91. The molecule has 1 N–H and O–H groups in total. The number of aryl methyl sites for hydroxylation is 1. The van der Waals surface area contributed by atoms with E-state index in [-0.39, 0.29) is 23.9 Å². The van der Waals surface area contributed by atoms with Crippen LogP contribution in [0.15, 0.2) is 12.1 Å². The molecule has 0 spiro atoms. The predicted octanol–water partition coefficient (Wildman–Crippen LogP) is 1.70. The van der Waals surface area contributed by atoms with Gasteiger partial charge < -0.3 is 4.90 Å². The van der Waals surface area contributed by atoms with Crippen LogP contribution in [0.4, 0.5) is 0 Å². The van der Waals surface area contributed by atoms with Gasteiger partial charge in [0.15, 0.2) is 0 Å². The zero-order valence-electron chi connectivity index (χ0n) is 12.6. The Morgan fingerprint density at radius 2 is 2.10 bits per heavy atom. The third-order valence-corrected chi connectivity index (χ3v) is 5.69. The Morgan fingerprint density at radius 1 is 1.38 bits per heavy atom. The van der Waals surface area contributed by atoms with Gasteiger partial charge >= 0.3 is 0 Å². The second kappa shape index (κ2) is 6.46. The summed E-state index contributed by atoms with van der Waals surface area (Å²) in [7, 11) is -2.99. The van der Waals surface area contributed by atoms with Gasteiger partial charge in [0.05, 0.1) is 11.8 Å². The Morgan fingerprint density at radius 3 is 2.62 bits per heavy atom. The van der Waals surface area contributed by atoms with Crippen LogP contribution in [-0.2, 0) is 14.6 Å². The second-order valence-corrected chi connectivity index (χ2v) is 9.07. The SMILES string of the molecule is CCC1NC(c2ccc(C)s2)N(CCCS(C)(=O)=O)C1=O. The highest BCUT2D eigenvalue weighted by atomic mass is 32.2. The van der Waals surface area contributed by atoms with Gasteiger partial charge in [-0.3, -0.25) is 10.1 Å². The van der Waals surface area contributed by atoms with Crippen LogP contribution in [-0.4, -0.2) is 43.8 Å². The van der Waals surface area contributed by atoms with Gasteiger partial charge in [-0.2, -0.15) is 0 Å². The lowest BCUT2D eigenvalue weighted by atomic mass is 10.2. The minimum Gasteiger partial charge on any atom is -0.321 e. The summed E-state index contributed by atoms with van der Waals surface area (Å²) in [6.45, 7) is 4.49. The number of rotatable bonds is 6. The third kappa shape index (κ3) is 4.05. The van der Waals surface area contributed by atoms with Gasteiger partial charge in [0.1, 0.15) is 16.0 Å². The van der Waals surface area contributed by atoms with Crippen LogP contribution in [0.1, 0.15) is 35.7 Å².